The van der Waals surface area contributed by atoms with Crippen molar-refractivity contribution in [1.82, 2.24) is 4.90 Å². The first kappa shape index (κ1) is 12.4. The Morgan fingerprint density at radius 2 is 2.20 bits per heavy atom. The highest BCUT2D eigenvalue weighted by molar-refractivity contribution is 7.91. The number of aliphatic carboxylic acids is 1. The van der Waals surface area contributed by atoms with E-state index < -0.39 is 28.5 Å². The third kappa shape index (κ3) is 3.75. The van der Waals surface area contributed by atoms with Gasteiger partial charge in [0.2, 0.25) is 0 Å². The summed E-state index contributed by atoms with van der Waals surface area (Å²) in [5, 5.41) is 8.61. The summed E-state index contributed by atoms with van der Waals surface area (Å²) < 4.78 is 34.7. The molecule has 1 unspecified atom stereocenters. The lowest BCUT2D eigenvalue weighted by Crippen LogP contribution is -2.49. The van der Waals surface area contributed by atoms with Crippen LogP contribution in [-0.2, 0) is 14.6 Å². The van der Waals surface area contributed by atoms with E-state index in [0.717, 1.165) is 0 Å². The fourth-order valence-electron chi connectivity index (χ4n) is 1.71. The van der Waals surface area contributed by atoms with Gasteiger partial charge in [-0.15, -0.1) is 0 Å². The monoisotopic (exact) mass is 239 g/mol. The van der Waals surface area contributed by atoms with Gasteiger partial charge in [0.15, 0.2) is 9.84 Å². The molecule has 1 aliphatic rings. The molecule has 0 amide bonds. The van der Waals surface area contributed by atoms with Gasteiger partial charge in [0.1, 0.15) is 6.67 Å². The van der Waals surface area contributed by atoms with E-state index in [4.69, 9.17) is 5.11 Å². The maximum atomic E-state index is 12.1. The van der Waals surface area contributed by atoms with Crippen molar-refractivity contribution >= 4 is 15.8 Å². The lowest BCUT2D eigenvalue weighted by Gasteiger charge is -2.33. The Balaban J connectivity index is 2.68. The summed E-state index contributed by atoms with van der Waals surface area (Å²) in [6.45, 7) is -0.256. The van der Waals surface area contributed by atoms with E-state index in [1.165, 1.54) is 0 Å². The zero-order valence-electron chi connectivity index (χ0n) is 8.23. The van der Waals surface area contributed by atoms with Crippen molar-refractivity contribution in [3.63, 3.8) is 0 Å². The van der Waals surface area contributed by atoms with Crippen LogP contribution in [0.15, 0.2) is 0 Å². The molecule has 1 heterocycles. The molecule has 0 aromatic rings. The molecule has 88 valence electrons. The summed E-state index contributed by atoms with van der Waals surface area (Å²) in [6.07, 6.45) is -0.251. The van der Waals surface area contributed by atoms with Crippen molar-refractivity contribution < 1.29 is 22.7 Å². The van der Waals surface area contributed by atoms with Gasteiger partial charge in [-0.25, -0.2) is 12.8 Å². The second-order valence-electron chi connectivity index (χ2n) is 3.59. The van der Waals surface area contributed by atoms with Crippen molar-refractivity contribution in [3.8, 4) is 0 Å². The molecule has 0 bridgehead atoms. The standard InChI is InChI=1S/C8H14FNO4S/c9-1-2-10-3-4-15(13,14)6-7(10)5-8(11)12/h7H,1-6H2,(H,11,12). The predicted octanol–water partition coefficient (Wildman–Crippen LogP) is -0.470. The van der Waals surface area contributed by atoms with E-state index in [1.807, 2.05) is 0 Å². The highest BCUT2D eigenvalue weighted by Gasteiger charge is 2.32. The summed E-state index contributed by atoms with van der Waals surface area (Å²) in [5.74, 6) is -1.25. The fourth-order valence-corrected chi connectivity index (χ4v) is 3.31. The number of carboxylic acid groups (broad SMARTS) is 1. The van der Waals surface area contributed by atoms with Gasteiger partial charge in [-0.2, -0.15) is 0 Å². The first-order valence-corrected chi connectivity index (χ1v) is 6.49. The Bertz CT molecular complexity index is 330. The van der Waals surface area contributed by atoms with Crippen LogP contribution in [0.5, 0.6) is 0 Å². The molecule has 1 saturated heterocycles. The van der Waals surface area contributed by atoms with Gasteiger partial charge in [-0.3, -0.25) is 9.69 Å². The SMILES string of the molecule is O=C(O)CC1CS(=O)(=O)CCN1CCF. The molecule has 5 nitrogen and oxygen atoms in total. The van der Waals surface area contributed by atoms with E-state index in [1.54, 1.807) is 4.90 Å². The summed E-state index contributed by atoms with van der Waals surface area (Å²) in [6, 6.07) is -0.586. The van der Waals surface area contributed by atoms with Crippen LogP contribution in [0.1, 0.15) is 6.42 Å². The average Bonchev–Trinajstić information content (AvgIpc) is 2.08. The Kier molecular flexibility index (Phi) is 4.04. The second kappa shape index (κ2) is 4.89. The zero-order chi connectivity index (χ0) is 11.5. The maximum absolute atomic E-state index is 12.1. The van der Waals surface area contributed by atoms with Crippen molar-refractivity contribution in [2.75, 3.05) is 31.3 Å². The van der Waals surface area contributed by atoms with Gasteiger partial charge >= 0.3 is 5.97 Å². The Morgan fingerprint density at radius 1 is 1.53 bits per heavy atom. The third-order valence-corrected chi connectivity index (χ3v) is 4.13. The van der Waals surface area contributed by atoms with E-state index in [2.05, 4.69) is 0 Å². The summed E-state index contributed by atoms with van der Waals surface area (Å²) >= 11 is 0. The molecule has 1 atom stereocenters. The number of nitrogens with zero attached hydrogens (tertiary/aromatic N) is 1. The Labute approximate surface area is 87.8 Å². The molecule has 1 aliphatic heterocycles. The van der Waals surface area contributed by atoms with Gasteiger partial charge in [0.05, 0.1) is 17.9 Å². The maximum Gasteiger partial charge on any atom is 0.304 e. The molecule has 0 aliphatic carbocycles. The van der Waals surface area contributed by atoms with Gasteiger partial charge < -0.3 is 5.11 Å². The molecule has 15 heavy (non-hydrogen) atoms. The lowest BCUT2D eigenvalue weighted by molar-refractivity contribution is -0.138. The number of alkyl halides is 1. The summed E-state index contributed by atoms with van der Waals surface area (Å²) in [5.41, 5.74) is 0. The number of hydrogen-bond acceptors (Lipinski definition) is 4. The van der Waals surface area contributed by atoms with Crippen molar-refractivity contribution in [3.05, 3.63) is 0 Å². The molecule has 7 heteroatoms. The molecule has 0 spiro atoms. The molecule has 1 N–H and O–H groups in total. The average molecular weight is 239 g/mol. The molecule has 0 aromatic heterocycles. The van der Waals surface area contributed by atoms with Crippen LogP contribution in [-0.4, -0.2) is 61.7 Å². The molecule has 1 fully saturated rings. The number of carboxylic acids is 1. The normalized spacial score (nSPS) is 26.3. The van der Waals surface area contributed by atoms with Crippen LogP contribution in [0.4, 0.5) is 4.39 Å². The smallest absolute Gasteiger partial charge is 0.304 e. The predicted molar refractivity (Wildman–Crippen MR) is 52.2 cm³/mol. The number of rotatable bonds is 4. The van der Waals surface area contributed by atoms with Crippen LogP contribution in [0.2, 0.25) is 0 Å². The second-order valence-corrected chi connectivity index (χ2v) is 5.82. The fraction of sp³-hybridized carbons (Fsp3) is 0.875. The van der Waals surface area contributed by atoms with Crippen molar-refractivity contribution in [1.29, 1.82) is 0 Å². The topological polar surface area (TPSA) is 74.7 Å². The Morgan fingerprint density at radius 3 is 2.73 bits per heavy atom. The van der Waals surface area contributed by atoms with Crippen LogP contribution >= 0.6 is 0 Å². The van der Waals surface area contributed by atoms with Gasteiger partial charge in [0.25, 0.3) is 0 Å². The first-order chi connectivity index (χ1) is 6.94. The zero-order valence-corrected chi connectivity index (χ0v) is 9.04. The molecule has 0 radical (unpaired) electrons. The Hall–Kier alpha value is -0.690. The van der Waals surface area contributed by atoms with E-state index in [9.17, 15) is 17.6 Å². The first-order valence-electron chi connectivity index (χ1n) is 4.67. The van der Waals surface area contributed by atoms with Gasteiger partial charge in [0, 0.05) is 19.1 Å². The summed E-state index contributed by atoms with van der Waals surface area (Å²) in [7, 11) is -3.16. The number of sulfone groups is 1. The largest absolute Gasteiger partial charge is 0.481 e. The van der Waals surface area contributed by atoms with Crippen LogP contribution in [0.3, 0.4) is 0 Å². The highest BCUT2D eigenvalue weighted by atomic mass is 32.2. The van der Waals surface area contributed by atoms with Gasteiger partial charge in [-0.05, 0) is 0 Å². The molecule has 0 saturated carbocycles. The number of carbonyl (C=O) groups is 1. The van der Waals surface area contributed by atoms with E-state index in [-0.39, 0.29) is 31.0 Å². The van der Waals surface area contributed by atoms with Crippen LogP contribution in [0, 0.1) is 0 Å². The number of halogens is 1. The molecule has 1 rings (SSSR count). The highest BCUT2D eigenvalue weighted by Crippen LogP contribution is 2.14. The minimum Gasteiger partial charge on any atom is -0.481 e. The molecular formula is C8H14FNO4S. The quantitative estimate of drug-likeness (QED) is 0.718. The minimum absolute atomic E-state index is 0.0108. The molecular weight excluding hydrogens is 225 g/mol. The molecule has 0 aromatic carbocycles. The van der Waals surface area contributed by atoms with E-state index in [0.29, 0.717) is 0 Å². The van der Waals surface area contributed by atoms with Gasteiger partial charge in [-0.1, -0.05) is 0 Å². The van der Waals surface area contributed by atoms with Crippen LogP contribution in [0.25, 0.3) is 0 Å². The van der Waals surface area contributed by atoms with Crippen LogP contribution < -0.4 is 0 Å². The minimum atomic E-state index is -3.16. The van der Waals surface area contributed by atoms with Crippen molar-refractivity contribution in [2.45, 2.75) is 12.5 Å². The van der Waals surface area contributed by atoms with E-state index >= 15 is 0 Å². The number of hydrogen-bond donors (Lipinski definition) is 1. The summed E-state index contributed by atoms with van der Waals surface area (Å²) in [4.78, 5) is 12.1. The third-order valence-electron chi connectivity index (χ3n) is 2.43. The van der Waals surface area contributed by atoms with Crippen molar-refractivity contribution in [2.24, 2.45) is 0 Å². The lowest BCUT2D eigenvalue weighted by atomic mass is 10.2.